The number of ketones is 1. The number of rotatable bonds is 3. The summed E-state index contributed by atoms with van der Waals surface area (Å²) < 4.78 is 161. The van der Waals surface area contributed by atoms with Crippen molar-refractivity contribution in [1.29, 1.82) is 0 Å². The van der Waals surface area contributed by atoms with Crippen molar-refractivity contribution < 1.29 is 67.1 Å². The summed E-state index contributed by atoms with van der Waals surface area (Å²) in [6, 6.07) is -12.9. The van der Waals surface area contributed by atoms with Crippen LogP contribution >= 0.6 is 0 Å². The first kappa shape index (κ1) is 34.4. The lowest BCUT2D eigenvalue weighted by Crippen LogP contribution is -2.66. The average molecular weight is 659 g/mol. The van der Waals surface area contributed by atoms with Gasteiger partial charge in [0.25, 0.3) is 0 Å². The summed E-state index contributed by atoms with van der Waals surface area (Å²) in [6.07, 6.45) is -21.9. The van der Waals surface area contributed by atoms with Crippen LogP contribution in [0.3, 0.4) is 0 Å². The maximum absolute atomic E-state index is 13.8. The fourth-order valence-electron chi connectivity index (χ4n) is 8.50. The van der Waals surface area contributed by atoms with Gasteiger partial charge in [0.1, 0.15) is 0 Å². The summed E-state index contributed by atoms with van der Waals surface area (Å²) in [5.74, 6) is -4.52. The van der Waals surface area contributed by atoms with Gasteiger partial charge in [-0.15, -0.1) is 0 Å². The van der Waals surface area contributed by atoms with Crippen LogP contribution in [0.25, 0.3) is 0 Å². The van der Waals surface area contributed by atoms with Gasteiger partial charge in [0.15, 0.2) is 5.78 Å². The van der Waals surface area contributed by atoms with Gasteiger partial charge in [0.2, 0.25) is 18.0 Å². The molecule has 4 aliphatic carbocycles. The molecule has 0 unspecified atom stereocenters. The van der Waals surface area contributed by atoms with E-state index < -0.39 is 76.3 Å². The Hall–Kier alpha value is -2.49. The second-order valence-electron chi connectivity index (χ2n) is 12.8. The normalized spacial score (nSPS) is 33.0. The maximum Gasteiger partial charge on any atom is 0.418 e. The molecule has 0 heterocycles. The minimum Gasteiger partial charge on any atom is -0.318 e. The van der Waals surface area contributed by atoms with Crippen molar-refractivity contribution in [2.45, 2.75) is 102 Å². The number of hydrogen-bond acceptors (Lipinski definition) is 3. The quantitative estimate of drug-likeness (QED) is 0.317. The lowest BCUT2D eigenvalue weighted by Gasteiger charge is -2.58. The van der Waals surface area contributed by atoms with Gasteiger partial charge in [-0.3, -0.25) is 9.59 Å². The lowest BCUT2D eigenvalue weighted by atomic mass is 9.47. The zero-order chi connectivity index (χ0) is 33.4. The molecule has 0 radical (unpaired) electrons. The summed E-state index contributed by atoms with van der Waals surface area (Å²) in [6.45, 7) is 3.45. The Balaban J connectivity index is 1.71. The number of nitrogens with one attached hydrogen (secondary N) is 1. The van der Waals surface area contributed by atoms with Crippen LogP contribution in [0, 0.1) is 34.5 Å². The van der Waals surface area contributed by atoms with E-state index in [1.807, 2.05) is 6.92 Å². The SMILES string of the molecule is C[C@]12CC[C@H]3[C@@H](CCC4=CC(=O)CC[C@@]43C)[C@@H]1CC[C@@H]2C(=O)N(C(=O)NC(C(F)(F)F)C(F)(F)F)C(C(F)(F)F)C(F)(F)F. The van der Waals surface area contributed by atoms with E-state index in [4.69, 9.17) is 0 Å². The zero-order valence-corrected chi connectivity index (χ0v) is 23.4. The summed E-state index contributed by atoms with van der Waals surface area (Å²) >= 11 is 0. The van der Waals surface area contributed by atoms with Crippen molar-refractivity contribution in [1.82, 2.24) is 10.2 Å². The van der Waals surface area contributed by atoms with Gasteiger partial charge >= 0.3 is 30.7 Å². The molecule has 1 N–H and O–H groups in total. The average Bonchev–Trinajstić information content (AvgIpc) is 3.20. The highest BCUT2D eigenvalue weighted by Crippen LogP contribution is 2.67. The second kappa shape index (κ2) is 10.8. The van der Waals surface area contributed by atoms with Gasteiger partial charge in [-0.2, -0.15) is 52.7 Å². The number of fused-ring (bicyclic) bond motifs is 5. The molecule has 44 heavy (non-hydrogen) atoms. The third-order valence-electron chi connectivity index (χ3n) is 10.5. The first-order valence-corrected chi connectivity index (χ1v) is 14.0. The number of amides is 3. The minimum atomic E-state index is -6.48. The molecule has 6 atom stereocenters. The predicted molar refractivity (Wildman–Crippen MR) is 127 cm³/mol. The fraction of sp³-hybridized carbons (Fsp3) is 0.815. The minimum absolute atomic E-state index is 0.0244. The molecule has 0 aromatic rings. The van der Waals surface area contributed by atoms with Crippen LogP contribution < -0.4 is 5.32 Å². The maximum atomic E-state index is 13.8. The topological polar surface area (TPSA) is 66.5 Å². The number of halogens is 12. The molecular formula is C27H30F12N2O3. The summed E-state index contributed by atoms with van der Waals surface area (Å²) in [7, 11) is 0. The van der Waals surface area contributed by atoms with Crippen LogP contribution in [0.1, 0.15) is 65.2 Å². The molecule has 0 aliphatic heterocycles. The molecule has 0 bridgehead atoms. The van der Waals surface area contributed by atoms with Crippen LogP contribution in [0.5, 0.6) is 0 Å². The molecule has 3 saturated carbocycles. The first-order valence-electron chi connectivity index (χ1n) is 14.0. The van der Waals surface area contributed by atoms with Gasteiger partial charge in [-0.1, -0.05) is 19.4 Å². The van der Waals surface area contributed by atoms with Crippen LogP contribution in [-0.4, -0.2) is 59.4 Å². The van der Waals surface area contributed by atoms with Crippen molar-refractivity contribution in [3.05, 3.63) is 11.6 Å². The van der Waals surface area contributed by atoms with E-state index in [9.17, 15) is 67.1 Å². The third kappa shape index (κ3) is 5.92. The Labute approximate surface area is 243 Å². The number of alkyl halides is 12. The molecular weight excluding hydrogens is 628 g/mol. The number of urea groups is 1. The highest BCUT2D eigenvalue weighted by Gasteiger charge is 2.67. The van der Waals surface area contributed by atoms with Crippen LogP contribution in [-0.2, 0) is 9.59 Å². The molecule has 0 spiro atoms. The van der Waals surface area contributed by atoms with Gasteiger partial charge in [-0.05, 0) is 79.6 Å². The monoisotopic (exact) mass is 658 g/mol. The molecule has 3 amide bonds. The third-order valence-corrected chi connectivity index (χ3v) is 10.5. The first-order chi connectivity index (χ1) is 19.8. The summed E-state index contributed by atoms with van der Waals surface area (Å²) in [5, 5.41) is 0.178. The molecule has 4 rings (SSSR count). The Morgan fingerprint density at radius 1 is 0.795 bits per heavy atom. The van der Waals surface area contributed by atoms with E-state index in [0.717, 1.165) is 5.57 Å². The van der Waals surface area contributed by atoms with Gasteiger partial charge in [-0.25, -0.2) is 9.69 Å². The molecule has 250 valence electrons. The highest BCUT2D eigenvalue weighted by atomic mass is 19.4. The largest absolute Gasteiger partial charge is 0.418 e. The fourth-order valence-corrected chi connectivity index (χ4v) is 8.50. The highest BCUT2D eigenvalue weighted by molar-refractivity contribution is 5.97. The molecule has 5 nitrogen and oxygen atoms in total. The van der Waals surface area contributed by atoms with E-state index >= 15 is 0 Å². The molecule has 0 saturated heterocycles. The summed E-state index contributed by atoms with van der Waals surface area (Å²) in [4.78, 5) is 36.8. The lowest BCUT2D eigenvalue weighted by molar-refractivity contribution is -0.279. The van der Waals surface area contributed by atoms with E-state index in [-0.39, 0.29) is 42.2 Å². The molecule has 4 aliphatic rings. The van der Waals surface area contributed by atoms with Crippen molar-refractivity contribution in [3.8, 4) is 0 Å². The van der Waals surface area contributed by atoms with Crippen molar-refractivity contribution in [2.24, 2.45) is 34.5 Å². The number of carbonyl (C=O) groups is 3. The van der Waals surface area contributed by atoms with Gasteiger partial charge in [0, 0.05) is 12.3 Å². The number of nitrogens with zero attached hydrogens (tertiary/aromatic N) is 1. The Bertz CT molecular complexity index is 1180. The smallest absolute Gasteiger partial charge is 0.318 e. The number of carbonyl (C=O) groups excluding carboxylic acids is 3. The number of imide groups is 1. The van der Waals surface area contributed by atoms with Crippen LogP contribution in [0.15, 0.2) is 11.6 Å². The van der Waals surface area contributed by atoms with E-state index in [2.05, 4.69) is 0 Å². The van der Waals surface area contributed by atoms with E-state index in [1.54, 1.807) is 6.08 Å². The Morgan fingerprint density at radius 2 is 1.36 bits per heavy atom. The van der Waals surface area contributed by atoms with Crippen LogP contribution in [0.4, 0.5) is 57.5 Å². The molecule has 3 fully saturated rings. The second-order valence-corrected chi connectivity index (χ2v) is 12.8. The molecule has 17 heteroatoms. The predicted octanol–water partition coefficient (Wildman–Crippen LogP) is 7.66. The zero-order valence-electron chi connectivity index (χ0n) is 23.4. The van der Waals surface area contributed by atoms with E-state index in [0.29, 0.717) is 32.1 Å². The molecule has 0 aromatic carbocycles. The Morgan fingerprint density at radius 3 is 1.89 bits per heavy atom. The number of hydrogen-bond donors (Lipinski definition) is 1. The van der Waals surface area contributed by atoms with Crippen molar-refractivity contribution in [3.63, 3.8) is 0 Å². The van der Waals surface area contributed by atoms with Crippen molar-refractivity contribution in [2.75, 3.05) is 0 Å². The Kier molecular flexibility index (Phi) is 8.44. The standard InChI is InChI=1S/C27H30F12N2O3/c1-22-9-7-13(42)11-12(22)3-4-14-15-5-6-17(23(15,2)10-8-16(14)22)18(43)41(20(26(34,35)36)27(37,38)39)21(44)40-19(24(28,29)30)25(31,32)33/h11,14-17,19-20H,3-10H2,1-2H3,(H,40,44)/t14-,15-,16-,17+,22-,23-/m0/s1. The number of allylic oxidation sites excluding steroid dienone is 1. The molecule has 0 aromatic heterocycles. The van der Waals surface area contributed by atoms with E-state index in [1.165, 1.54) is 6.92 Å². The van der Waals surface area contributed by atoms with Crippen molar-refractivity contribution >= 4 is 17.7 Å². The van der Waals surface area contributed by atoms with Gasteiger partial charge in [0.05, 0.1) is 0 Å². The summed E-state index contributed by atoms with van der Waals surface area (Å²) in [5.41, 5.74) is -0.739. The van der Waals surface area contributed by atoms with Gasteiger partial charge < -0.3 is 5.32 Å². The van der Waals surface area contributed by atoms with Crippen LogP contribution in [0.2, 0.25) is 0 Å².